The third kappa shape index (κ3) is 2.98. The Bertz CT molecular complexity index is 482. The molecule has 1 aromatic carbocycles. The van der Waals surface area contributed by atoms with Gasteiger partial charge in [0.15, 0.2) is 11.5 Å². The molecule has 2 unspecified atom stereocenters. The van der Waals surface area contributed by atoms with Crippen LogP contribution in [-0.2, 0) is 0 Å². The molecule has 1 aliphatic heterocycles. The van der Waals surface area contributed by atoms with Crippen LogP contribution in [0, 0.1) is 11.8 Å². The van der Waals surface area contributed by atoms with Crippen molar-refractivity contribution >= 4 is 17.3 Å². The van der Waals surface area contributed by atoms with Crippen molar-refractivity contribution in [2.24, 2.45) is 11.8 Å². The van der Waals surface area contributed by atoms with Gasteiger partial charge in [-0.25, -0.2) is 0 Å². The van der Waals surface area contributed by atoms with Gasteiger partial charge in [0, 0.05) is 18.2 Å². The van der Waals surface area contributed by atoms with Gasteiger partial charge in [-0.05, 0) is 31.1 Å². The first-order valence-electron chi connectivity index (χ1n) is 7.47. The van der Waals surface area contributed by atoms with E-state index >= 15 is 0 Å². The Labute approximate surface area is 125 Å². The van der Waals surface area contributed by atoms with Crippen LogP contribution in [0.4, 0.5) is 5.69 Å². The second-order valence-corrected chi connectivity index (χ2v) is 6.64. The monoisotopic (exact) mass is 295 g/mol. The molecule has 0 amide bonds. The molecule has 1 heterocycles. The molecule has 20 heavy (non-hydrogen) atoms. The SMILES string of the molecule is CC1CC(C)CC(Nc2cc3c(cc2Cl)OCCO3)C1. The number of hydrogen-bond acceptors (Lipinski definition) is 3. The number of nitrogens with one attached hydrogen (secondary N) is 1. The maximum atomic E-state index is 6.36. The highest BCUT2D eigenvalue weighted by atomic mass is 35.5. The van der Waals surface area contributed by atoms with Crippen LogP contribution in [0.1, 0.15) is 33.1 Å². The van der Waals surface area contributed by atoms with Gasteiger partial charge in [0.05, 0.1) is 10.7 Å². The van der Waals surface area contributed by atoms with Crippen LogP contribution in [0.5, 0.6) is 11.5 Å². The van der Waals surface area contributed by atoms with Crippen LogP contribution in [0.3, 0.4) is 0 Å². The van der Waals surface area contributed by atoms with E-state index < -0.39 is 0 Å². The normalized spacial score (nSPS) is 29.1. The smallest absolute Gasteiger partial charge is 0.163 e. The quantitative estimate of drug-likeness (QED) is 0.880. The Morgan fingerprint density at radius 3 is 2.25 bits per heavy atom. The zero-order chi connectivity index (χ0) is 14.1. The second kappa shape index (κ2) is 5.72. The Hall–Kier alpha value is -1.09. The van der Waals surface area contributed by atoms with E-state index in [2.05, 4.69) is 19.2 Å². The molecule has 1 saturated carbocycles. The van der Waals surface area contributed by atoms with Crippen LogP contribution in [-0.4, -0.2) is 19.3 Å². The van der Waals surface area contributed by atoms with E-state index in [4.69, 9.17) is 21.1 Å². The van der Waals surface area contributed by atoms with Crippen LogP contribution in [0.15, 0.2) is 12.1 Å². The summed E-state index contributed by atoms with van der Waals surface area (Å²) in [5.74, 6) is 3.08. The third-order valence-corrected chi connectivity index (χ3v) is 4.48. The Kier molecular flexibility index (Phi) is 3.97. The Balaban J connectivity index is 1.76. The van der Waals surface area contributed by atoms with Crippen molar-refractivity contribution in [3.05, 3.63) is 17.2 Å². The van der Waals surface area contributed by atoms with E-state index in [0.29, 0.717) is 24.3 Å². The summed E-state index contributed by atoms with van der Waals surface area (Å²) in [6.07, 6.45) is 3.73. The van der Waals surface area contributed by atoms with Crippen molar-refractivity contribution in [1.29, 1.82) is 0 Å². The van der Waals surface area contributed by atoms with Crippen molar-refractivity contribution in [3.8, 4) is 11.5 Å². The van der Waals surface area contributed by atoms with Gasteiger partial charge >= 0.3 is 0 Å². The predicted molar refractivity (Wildman–Crippen MR) is 82.0 cm³/mol. The van der Waals surface area contributed by atoms with Gasteiger partial charge in [-0.3, -0.25) is 0 Å². The molecule has 0 aromatic heterocycles. The minimum Gasteiger partial charge on any atom is -0.486 e. The summed E-state index contributed by atoms with van der Waals surface area (Å²) in [6, 6.07) is 4.32. The number of anilines is 1. The molecular formula is C16H22ClNO2. The number of halogens is 1. The van der Waals surface area contributed by atoms with Gasteiger partial charge in [0.1, 0.15) is 13.2 Å². The molecule has 1 fully saturated rings. The molecule has 0 radical (unpaired) electrons. The van der Waals surface area contributed by atoms with Crippen molar-refractivity contribution in [1.82, 2.24) is 0 Å². The van der Waals surface area contributed by atoms with Crippen LogP contribution < -0.4 is 14.8 Å². The number of rotatable bonds is 2. The minimum absolute atomic E-state index is 0.494. The summed E-state index contributed by atoms with van der Waals surface area (Å²) < 4.78 is 11.2. The minimum atomic E-state index is 0.494. The molecule has 2 aliphatic rings. The molecule has 1 N–H and O–H groups in total. The lowest BCUT2D eigenvalue weighted by molar-refractivity contribution is 0.171. The van der Waals surface area contributed by atoms with Crippen molar-refractivity contribution in [3.63, 3.8) is 0 Å². The molecule has 0 saturated heterocycles. The fraction of sp³-hybridized carbons (Fsp3) is 0.625. The highest BCUT2D eigenvalue weighted by Crippen LogP contribution is 2.39. The van der Waals surface area contributed by atoms with Crippen molar-refractivity contribution in [2.45, 2.75) is 39.2 Å². The van der Waals surface area contributed by atoms with Crippen molar-refractivity contribution < 1.29 is 9.47 Å². The predicted octanol–water partition coefficient (Wildman–Crippen LogP) is 4.35. The van der Waals surface area contributed by atoms with Gasteiger partial charge < -0.3 is 14.8 Å². The maximum Gasteiger partial charge on any atom is 0.163 e. The zero-order valence-electron chi connectivity index (χ0n) is 12.1. The van der Waals surface area contributed by atoms with E-state index in [1.165, 1.54) is 19.3 Å². The van der Waals surface area contributed by atoms with Gasteiger partial charge in [0.25, 0.3) is 0 Å². The van der Waals surface area contributed by atoms with E-state index in [0.717, 1.165) is 29.0 Å². The molecule has 2 atom stereocenters. The van der Waals surface area contributed by atoms with E-state index in [9.17, 15) is 0 Å². The average Bonchev–Trinajstić information content (AvgIpc) is 2.38. The lowest BCUT2D eigenvalue weighted by Gasteiger charge is -2.33. The fourth-order valence-electron chi connectivity index (χ4n) is 3.46. The number of fused-ring (bicyclic) bond motifs is 1. The van der Waals surface area contributed by atoms with E-state index in [1.807, 2.05) is 12.1 Å². The Morgan fingerprint density at radius 1 is 1.00 bits per heavy atom. The summed E-state index contributed by atoms with van der Waals surface area (Å²) in [7, 11) is 0. The fourth-order valence-corrected chi connectivity index (χ4v) is 3.67. The summed E-state index contributed by atoms with van der Waals surface area (Å²) in [4.78, 5) is 0. The number of benzene rings is 1. The van der Waals surface area contributed by atoms with Gasteiger partial charge in [-0.15, -0.1) is 0 Å². The lowest BCUT2D eigenvalue weighted by atomic mass is 9.80. The molecule has 4 heteroatoms. The molecule has 110 valence electrons. The molecule has 0 bridgehead atoms. The third-order valence-electron chi connectivity index (χ3n) is 4.17. The molecule has 3 rings (SSSR count). The highest BCUT2D eigenvalue weighted by Gasteiger charge is 2.25. The summed E-state index contributed by atoms with van der Waals surface area (Å²) in [5, 5.41) is 4.30. The molecule has 3 nitrogen and oxygen atoms in total. The summed E-state index contributed by atoms with van der Waals surface area (Å²) in [5.41, 5.74) is 0.960. The van der Waals surface area contributed by atoms with Gasteiger partial charge in [-0.1, -0.05) is 25.4 Å². The van der Waals surface area contributed by atoms with Gasteiger partial charge in [0.2, 0.25) is 0 Å². The first-order chi connectivity index (χ1) is 9.61. The van der Waals surface area contributed by atoms with E-state index in [-0.39, 0.29) is 0 Å². The molecule has 1 aliphatic carbocycles. The van der Waals surface area contributed by atoms with Crippen molar-refractivity contribution in [2.75, 3.05) is 18.5 Å². The molecular weight excluding hydrogens is 274 g/mol. The zero-order valence-corrected chi connectivity index (χ0v) is 12.9. The molecule has 1 aromatic rings. The largest absolute Gasteiger partial charge is 0.486 e. The lowest BCUT2D eigenvalue weighted by Crippen LogP contribution is -2.30. The highest BCUT2D eigenvalue weighted by molar-refractivity contribution is 6.33. The van der Waals surface area contributed by atoms with Crippen LogP contribution in [0.25, 0.3) is 0 Å². The molecule has 0 spiro atoms. The first kappa shape index (κ1) is 13.9. The van der Waals surface area contributed by atoms with Crippen LogP contribution >= 0.6 is 11.6 Å². The number of ether oxygens (including phenoxy) is 2. The first-order valence-corrected chi connectivity index (χ1v) is 7.85. The Morgan fingerprint density at radius 2 is 1.60 bits per heavy atom. The second-order valence-electron chi connectivity index (χ2n) is 6.23. The summed E-state index contributed by atoms with van der Waals surface area (Å²) in [6.45, 7) is 5.85. The van der Waals surface area contributed by atoms with Gasteiger partial charge in [-0.2, -0.15) is 0 Å². The maximum absolute atomic E-state index is 6.36. The van der Waals surface area contributed by atoms with E-state index in [1.54, 1.807) is 0 Å². The average molecular weight is 296 g/mol. The summed E-state index contributed by atoms with van der Waals surface area (Å²) >= 11 is 6.36. The topological polar surface area (TPSA) is 30.5 Å². The number of hydrogen-bond donors (Lipinski definition) is 1. The standard InChI is InChI=1S/C16H22ClNO2/c1-10-5-11(2)7-12(6-10)18-14-9-16-15(8-13(14)17)19-3-4-20-16/h8-12,18H,3-7H2,1-2H3. The van der Waals surface area contributed by atoms with Crippen LogP contribution in [0.2, 0.25) is 5.02 Å².